The Morgan fingerprint density at radius 2 is 1.73 bits per heavy atom. The molecule has 0 radical (unpaired) electrons. The molecule has 86 valence electrons. The minimum absolute atomic E-state index is 0.0295. The Morgan fingerprint density at radius 1 is 1.20 bits per heavy atom. The summed E-state index contributed by atoms with van der Waals surface area (Å²) in [5, 5.41) is 0. The van der Waals surface area contributed by atoms with E-state index in [0.29, 0.717) is 11.8 Å². The summed E-state index contributed by atoms with van der Waals surface area (Å²) in [5.74, 6) is 1.64. The van der Waals surface area contributed by atoms with E-state index in [1.54, 1.807) is 0 Å². The first-order chi connectivity index (χ1) is 6.99. The van der Waals surface area contributed by atoms with Gasteiger partial charge >= 0.3 is 0 Å². The van der Waals surface area contributed by atoms with Crippen molar-refractivity contribution in [3.8, 4) is 0 Å². The van der Waals surface area contributed by atoms with Crippen LogP contribution in [0.25, 0.3) is 0 Å². The van der Waals surface area contributed by atoms with E-state index in [1.165, 1.54) is 31.9 Å². The highest BCUT2D eigenvalue weighted by atomic mass is 32.2. The number of sulfone groups is 1. The van der Waals surface area contributed by atoms with Gasteiger partial charge in [0, 0.05) is 18.6 Å². The quantitative estimate of drug-likeness (QED) is 0.734. The first-order valence-electron chi connectivity index (χ1n) is 5.69. The van der Waals surface area contributed by atoms with Gasteiger partial charge in [0.1, 0.15) is 15.6 Å². The van der Waals surface area contributed by atoms with E-state index in [9.17, 15) is 13.2 Å². The summed E-state index contributed by atoms with van der Waals surface area (Å²) in [5.41, 5.74) is 0. The van der Waals surface area contributed by atoms with Crippen molar-refractivity contribution in [3.63, 3.8) is 0 Å². The van der Waals surface area contributed by atoms with Gasteiger partial charge in [-0.25, -0.2) is 8.42 Å². The minimum Gasteiger partial charge on any atom is -0.299 e. The van der Waals surface area contributed by atoms with Gasteiger partial charge in [0.2, 0.25) is 0 Å². The number of Topliss-reactive ketones (excluding diaryl/α,β-unsaturated/α-hetero) is 1. The van der Waals surface area contributed by atoms with Crippen LogP contribution in [0.5, 0.6) is 0 Å². The van der Waals surface area contributed by atoms with Crippen molar-refractivity contribution in [2.24, 2.45) is 17.8 Å². The maximum absolute atomic E-state index is 11.8. The number of hydrogen-bond donors (Lipinski definition) is 0. The molecule has 2 saturated carbocycles. The molecular weight excluding hydrogens is 212 g/mol. The second-order valence-corrected chi connectivity index (χ2v) is 7.24. The second kappa shape index (κ2) is 3.89. The third-order valence-electron chi connectivity index (χ3n) is 3.75. The fourth-order valence-electron chi connectivity index (χ4n) is 2.92. The highest BCUT2D eigenvalue weighted by molar-refractivity contribution is 7.90. The van der Waals surface area contributed by atoms with Crippen LogP contribution >= 0.6 is 0 Å². The van der Waals surface area contributed by atoms with Gasteiger partial charge in [-0.2, -0.15) is 0 Å². The van der Waals surface area contributed by atoms with Crippen LogP contribution in [0.15, 0.2) is 0 Å². The topological polar surface area (TPSA) is 51.2 Å². The molecular formula is C11H18O3S. The molecule has 3 nitrogen and oxygen atoms in total. The molecule has 4 heteroatoms. The third-order valence-corrected chi connectivity index (χ3v) is 4.69. The lowest BCUT2D eigenvalue weighted by molar-refractivity contribution is -0.120. The number of rotatable bonds is 4. The van der Waals surface area contributed by atoms with Crippen LogP contribution in [-0.4, -0.2) is 26.2 Å². The van der Waals surface area contributed by atoms with Crippen LogP contribution < -0.4 is 0 Å². The van der Waals surface area contributed by atoms with Crippen LogP contribution in [-0.2, 0) is 14.6 Å². The molecule has 0 aliphatic heterocycles. The van der Waals surface area contributed by atoms with Gasteiger partial charge in [-0.15, -0.1) is 0 Å². The number of carbonyl (C=O) groups is 1. The first-order valence-corrected chi connectivity index (χ1v) is 7.75. The van der Waals surface area contributed by atoms with Gasteiger partial charge in [0.05, 0.1) is 5.75 Å². The first kappa shape index (κ1) is 11.1. The van der Waals surface area contributed by atoms with Gasteiger partial charge in [-0.05, 0) is 24.7 Å². The molecule has 15 heavy (non-hydrogen) atoms. The van der Waals surface area contributed by atoms with Crippen LogP contribution in [0.4, 0.5) is 0 Å². The molecule has 0 spiro atoms. The lowest BCUT2D eigenvalue weighted by Crippen LogP contribution is -2.11. The van der Waals surface area contributed by atoms with Gasteiger partial charge in [0.25, 0.3) is 0 Å². The van der Waals surface area contributed by atoms with Gasteiger partial charge in [0.15, 0.2) is 0 Å². The SMILES string of the molecule is CS(=O)(=O)CCC(=O)C1C2CCCCC21. The van der Waals surface area contributed by atoms with E-state index in [4.69, 9.17) is 0 Å². The summed E-state index contributed by atoms with van der Waals surface area (Å²) in [7, 11) is -2.98. The Labute approximate surface area is 91.2 Å². The normalized spacial score (nSPS) is 34.6. The van der Waals surface area contributed by atoms with Crippen molar-refractivity contribution in [2.75, 3.05) is 12.0 Å². The maximum Gasteiger partial charge on any atom is 0.147 e. The molecule has 0 aromatic rings. The van der Waals surface area contributed by atoms with Crippen molar-refractivity contribution in [3.05, 3.63) is 0 Å². The predicted octanol–water partition coefficient (Wildman–Crippen LogP) is 1.43. The molecule has 2 aliphatic rings. The molecule has 0 bridgehead atoms. The summed E-state index contributed by atoms with van der Waals surface area (Å²) in [6.45, 7) is 0. The van der Waals surface area contributed by atoms with Gasteiger partial charge < -0.3 is 0 Å². The number of ketones is 1. The molecule has 0 N–H and O–H groups in total. The fraction of sp³-hybridized carbons (Fsp3) is 0.909. The molecule has 0 aromatic heterocycles. The van der Waals surface area contributed by atoms with E-state index in [2.05, 4.69) is 0 Å². The zero-order chi connectivity index (χ0) is 11.1. The number of hydrogen-bond acceptors (Lipinski definition) is 3. The Hall–Kier alpha value is -0.380. The van der Waals surface area contributed by atoms with Crippen molar-refractivity contribution in [1.29, 1.82) is 0 Å². The summed E-state index contributed by atoms with van der Waals surface area (Å²) >= 11 is 0. The van der Waals surface area contributed by atoms with Crippen molar-refractivity contribution >= 4 is 15.6 Å². The predicted molar refractivity (Wildman–Crippen MR) is 58.3 cm³/mol. The molecule has 2 fully saturated rings. The van der Waals surface area contributed by atoms with Crippen LogP contribution in [0.2, 0.25) is 0 Å². The lowest BCUT2D eigenvalue weighted by atomic mass is 10.0. The average Bonchev–Trinajstić information content (AvgIpc) is 2.87. The van der Waals surface area contributed by atoms with E-state index in [0.717, 1.165) is 0 Å². The van der Waals surface area contributed by atoms with Crippen LogP contribution in [0, 0.1) is 17.8 Å². The third kappa shape index (κ3) is 2.60. The van der Waals surface area contributed by atoms with Gasteiger partial charge in [-0.1, -0.05) is 12.8 Å². The molecule has 0 saturated heterocycles. The number of carbonyl (C=O) groups excluding carboxylic acids is 1. The molecule has 0 amide bonds. The van der Waals surface area contributed by atoms with E-state index >= 15 is 0 Å². The number of fused-ring (bicyclic) bond motifs is 1. The standard InChI is InChI=1S/C11H18O3S/c1-15(13,14)7-6-10(12)11-8-4-2-3-5-9(8)11/h8-9,11H,2-7H2,1H3. The van der Waals surface area contributed by atoms with Crippen molar-refractivity contribution < 1.29 is 13.2 Å². The minimum atomic E-state index is -2.98. The summed E-state index contributed by atoms with van der Waals surface area (Å²) in [4.78, 5) is 11.8. The Balaban J connectivity index is 1.83. The zero-order valence-electron chi connectivity index (χ0n) is 9.11. The fourth-order valence-corrected chi connectivity index (χ4v) is 3.49. The molecule has 2 atom stereocenters. The Bertz CT molecular complexity index is 346. The highest BCUT2D eigenvalue weighted by Gasteiger charge is 2.53. The molecule has 0 aromatic carbocycles. The Morgan fingerprint density at radius 3 is 2.20 bits per heavy atom. The maximum atomic E-state index is 11.8. The monoisotopic (exact) mass is 230 g/mol. The Kier molecular flexibility index (Phi) is 2.88. The smallest absolute Gasteiger partial charge is 0.147 e. The van der Waals surface area contributed by atoms with E-state index < -0.39 is 9.84 Å². The molecule has 0 heterocycles. The summed E-state index contributed by atoms with van der Waals surface area (Å²) in [6.07, 6.45) is 6.28. The molecule has 2 aliphatic carbocycles. The van der Waals surface area contributed by atoms with E-state index in [1.807, 2.05) is 0 Å². The zero-order valence-corrected chi connectivity index (χ0v) is 9.92. The lowest BCUT2D eigenvalue weighted by Gasteiger charge is -2.04. The molecule has 2 rings (SSSR count). The van der Waals surface area contributed by atoms with E-state index in [-0.39, 0.29) is 23.9 Å². The average molecular weight is 230 g/mol. The second-order valence-electron chi connectivity index (χ2n) is 4.98. The van der Waals surface area contributed by atoms with Crippen molar-refractivity contribution in [2.45, 2.75) is 32.1 Å². The van der Waals surface area contributed by atoms with Crippen LogP contribution in [0.1, 0.15) is 32.1 Å². The molecule has 2 unspecified atom stereocenters. The van der Waals surface area contributed by atoms with Crippen LogP contribution in [0.3, 0.4) is 0 Å². The van der Waals surface area contributed by atoms with Gasteiger partial charge in [-0.3, -0.25) is 4.79 Å². The van der Waals surface area contributed by atoms with Crippen molar-refractivity contribution in [1.82, 2.24) is 0 Å². The largest absolute Gasteiger partial charge is 0.299 e. The summed E-state index contributed by atoms with van der Waals surface area (Å²) in [6, 6.07) is 0. The highest BCUT2D eigenvalue weighted by Crippen LogP contribution is 2.56. The summed E-state index contributed by atoms with van der Waals surface area (Å²) < 4.78 is 21.9.